The summed E-state index contributed by atoms with van der Waals surface area (Å²) >= 11 is 5.79. The molecular formula is C9H11ClN6O3. The summed E-state index contributed by atoms with van der Waals surface area (Å²) in [6, 6.07) is 0. The van der Waals surface area contributed by atoms with Crippen LogP contribution in [-0.4, -0.2) is 27.0 Å². The van der Waals surface area contributed by atoms with Gasteiger partial charge in [-0.15, -0.1) is 0 Å². The van der Waals surface area contributed by atoms with E-state index in [-0.39, 0.29) is 10.8 Å². The van der Waals surface area contributed by atoms with Gasteiger partial charge < -0.3 is 15.6 Å². The molecule has 9 nitrogen and oxygen atoms in total. The Balaban J connectivity index is 2.19. The van der Waals surface area contributed by atoms with E-state index in [9.17, 15) is 9.90 Å². The summed E-state index contributed by atoms with van der Waals surface area (Å²) in [6.07, 6.45) is -0.332. The first-order valence-corrected chi connectivity index (χ1v) is 5.82. The van der Waals surface area contributed by atoms with Crippen LogP contribution in [0, 0.1) is 0 Å². The van der Waals surface area contributed by atoms with Crippen LogP contribution in [0.1, 0.15) is 19.1 Å². The van der Waals surface area contributed by atoms with Crippen molar-refractivity contribution < 1.29 is 9.84 Å². The molecule has 10 heteroatoms. The van der Waals surface area contributed by atoms with Crippen molar-refractivity contribution >= 4 is 17.4 Å². The fourth-order valence-corrected chi connectivity index (χ4v) is 2.01. The molecule has 0 bridgehead atoms. The van der Waals surface area contributed by atoms with Crippen LogP contribution >= 0.6 is 11.6 Å². The molecule has 0 radical (unpaired) electrons. The second kappa shape index (κ2) is 5.45. The van der Waals surface area contributed by atoms with Gasteiger partial charge >= 0.3 is 5.69 Å². The molecule has 3 atom stereocenters. The zero-order chi connectivity index (χ0) is 14.0. The third-order valence-electron chi connectivity index (χ3n) is 2.78. The predicted octanol–water partition coefficient (Wildman–Crippen LogP) is 0.785. The third kappa shape index (κ3) is 2.79. The second-order valence-electron chi connectivity index (χ2n) is 3.99. The molecule has 2 heterocycles. The van der Waals surface area contributed by atoms with Gasteiger partial charge in [0.05, 0.1) is 11.1 Å². The van der Waals surface area contributed by atoms with Gasteiger partial charge in [-0.1, -0.05) is 16.7 Å². The monoisotopic (exact) mass is 286 g/mol. The van der Waals surface area contributed by atoms with Crippen molar-refractivity contribution in [3.05, 3.63) is 32.1 Å². The summed E-state index contributed by atoms with van der Waals surface area (Å²) in [6.45, 7) is 0. The average Bonchev–Trinajstić information content (AvgIpc) is 2.83. The molecule has 1 aromatic heterocycles. The highest BCUT2D eigenvalue weighted by atomic mass is 35.5. The standard InChI is InChI=1S/C9H11ClN6O3/c10-4-3-16(9(18)13-7(4)11)6-2-1-5(19-6)8(17)14-15-12/h3,5-6,8,17H,1-2H2,(H2,11,13,18)/t5-,6+,8?/m0/s1. The minimum atomic E-state index is -1.29. The van der Waals surface area contributed by atoms with Gasteiger partial charge in [0.15, 0.2) is 6.23 Å². The van der Waals surface area contributed by atoms with Gasteiger partial charge in [-0.05, 0) is 18.4 Å². The van der Waals surface area contributed by atoms with Crippen molar-refractivity contribution in [3.63, 3.8) is 0 Å². The lowest BCUT2D eigenvalue weighted by molar-refractivity contribution is -0.0581. The van der Waals surface area contributed by atoms with Crippen LogP contribution in [0.2, 0.25) is 5.02 Å². The van der Waals surface area contributed by atoms with Gasteiger partial charge in [0.2, 0.25) is 0 Å². The molecule has 0 saturated carbocycles. The number of hydrogen-bond acceptors (Lipinski definition) is 6. The topological polar surface area (TPSA) is 139 Å². The van der Waals surface area contributed by atoms with E-state index in [1.165, 1.54) is 10.8 Å². The number of aromatic nitrogens is 2. The molecule has 0 aliphatic carbocycles. The first kappa shape index (κ1) is 13.6. The van der Waals surface area contributed by atoms with E-state index in [0.717, 1.165) is 0 Å². The summed E-state index contributed by atoms with van der Waals surface area (Å²) in [5.41, 5.74) is 13.1. The number of nitrogens with two attached hydrogens (primary N) is 1. The molecule has 1 aromatic rings. The number of nitrogen functional groups attached to an aromatic ring is 1. The average molecular weight is 287 g/mol. The van der Waals surface area contributed by atoms with E-state index >= 15 is 0 Å². The van der Waals surface area contributed by atoms with E-state index in [2.05, 4.69) is 15.0 Å². The highest BCUT2D eigenvalue weighted by Gasteiger charge is 2.32. The zero-order valence-electron chi connectivity index (χ0n) is 9.68. The predicted molar refractivity (Wildman–Crippen MR) is 66.2 cm³/mol. The van der Waals surface area contributed by atoms with E-state index in [1.54, 1.807) is 0 Å². The zero-order valence-corrected chi connectivity index (χ0v) is 10.4. The number of azide groups is 1. The molecule has 19 heavy (non-hydrogen) atoms. The second-order valence-corrected chi connectivity index (χ2v) is 4.40. The van der Waals surface area contributed by atoms with Gasteiger partial charge in [0.1, 0.15) is 12.0 Å². The summed E-state index contributed by atoms with van der Waals surface area (Å²) in [5.74, 6) is -0.0495. The number of ether oxygens (including phenoxy) is 1. The fourth-order valence-electron chi connectivity index (χ4n) is 1.86. The van der Waals surface area contributed by atoms with Crippen LogP contribution in [0.25, 0.3) is 10.4 Å². The number of aliphatic hydroxyl groups is 1. The first-order valence-electron chi connectivity index (χ1n) is 5.45. The number of hydrogen-bond donors (Lipinski definition) is 2. The Morgan fingerprint density at radius 3 is 3.16 bits per heavy atom. The number of rotatable bonds is 3. The number of nitrogens with zero attached hydrogens (tertiary/aromatic N) is 5. The Kier molecular flexibility index (Phi) is 3.91. The van der Waals surface area contributed by atoms with Crippen LogP contribution in [0.4, 0.5) is 5.82 Å². The molecule has 1 saturated heterocycles. The van der Waals surface area contributed by atoms with Crippen molar-refractivity contribution in [2.24, 2.45) is 5.11 Å². The van der Waals surface area contributed by atoms with Crippen LogP contribution < -0.4 is 11.4 Å². The maximum atomic E-state index is 11.7. The van der Waals surface area contributed by atoms with Crippen LogP contribution in [-0.2, 0) is 4.74 Å². The number of halogens is 1. The van der Waals surface area contributed by atoms with E-state index in [1.807, 2.05) is 0 Å². The Labute approximate surface area is 112 Å². The summed E-state index contributed by atoms with van der Waals surface area (Å²) in [7, 11) is 0. The molecule has 1 fully saturated rings. The third-order valence-corrected chi connectivity index (χ3v) is 3.07. The molecule has 2 rings (SSSR count). The Morgan fingerprint density at radius 1 is 1.74 bits per heavy atom. The maximum Gasteiger partial charge on any atom is 0.351 e. The van der Waals surface area contributed by atoms with Crippen molar-refractivity contribution in [2.45, 2.75) is 31.4 Å². The Hall–Kier alpha value is -1.80. The van der Waals surface area contributed by atoms with Gasteiger partial charge in [0, 0.05) is 11.1 Å². The SMILES string of the molecule is [N-]=[N+]=NC(O)[C@@H]1CC[C@H](n2cc(Cl)c(N)nc2=O)O1. The minimum Gasteiger partial charge on any atom is -0.384 e. The Bertz CT molecular complexity index is 584. The van der Waals surface area contributed by atoms with Crippen LogP contribution in [0.15, 0.2) is 16.1 Å². The van der Waals surface area contributed by atoms with Crippen LogP contribution in [0.5, 0.6) is 0 Å². The molecule has 102 valence electrons. The quantitative estimate of drug-likeness (QED) is 0.480. The highest BCUT2D eigenvalue weighted by Crippen LogP contribution is 2.30. The summed E-state index contributed by atoms with van der Waals surface area (Å²) in [4.78, 5) is 17.7. The van der Waals surface area contributed by atoms with E-state index < -0.39 is 24.2 Å². The fraction of sp³-hybridized carbons (Fsp3) is 0.556. The number of anilines is 1. The molecule has 3 N–H and O–H groups in total. The van der Waals surface area contributed by atoms with E-state index in [0.29, 0.717) is 12.8 Å². The summed E-state index contributed by atoms with van der Waals surface area (Å²) < 4.78 is 6.64. The number of aliphatic hydroxyl groups excluding tert-OH is 1. The lowest BCUT2D eigenvalue weighted by Gasteiger charge is -2.17. The highest BCUT2D eigenvalue weighted by molar-refractivity contribution is 6.32. The normalized spacial score (nSPS) is 23.9. The van der Waals surface area contributed by atoms with Gasteiger partial charge in [-0.2, -0.15) is 4.98 Å². The van der Waals surface area contributed by atoms with Gasteiger partial charge in [0.25, 0.3) is 0 Å². The lowest BCUT2D eigenvalue weighted by atomic mass is 10.2. The molecule has 1 unspecified atom stereocenters. The maximum absolute atomic E-state index is 11.7. The lowest BCUT2D eigenvalue weighted by Crippen LogP contribution is -2.29. The smallest absolute Gasteiger partial charge is 0.351 e. The van der Waals surface area contributed by atoms with Crippen molar-refractivity contribution in [1.29, 1.82) is 0 Å². The van der Waals surface area contributed by atoms with Gasteiger partial charge in [-0.25, -0.2) is 4.79 Å². The molecule has 1 aliphatic rings. The largest absolute Gasteiger partial charge is 0.384 e. The Morgan fingerprint density at radius 2 is 2.47 bits per heavy atom. The summed E-state index contributed by atoms with van der Waals surface area (Å²) in [5, 5.41) is 12.8. The molecular weight excluding hydrogens is 276 g/mol. The molecule has 0 amide bonds. The first-order chi connectivity index (χ1) is 9.02. The van der Waals surface area contributed by atoms with E-state index in [4.69, 9.17) is 27.6 Å². The van der Waals surface area contributed by atoms with Crippen molar-refractivity contribution in [2.75, 3.05) is 5.73 Å². The molecule has 1 aliphatic heterocycles. The molecule has 0 spiro atoms. The van der Waals surface area contributed by atoms with Crippen molar-refractivity contribution in [3.8, 4) is 0 Å². The van der Waals surface area contributed by atoms with Crippen LogP contribution in [0.3, 0.4) is 0 Å². The van der Waals surface area contributed by atoms with Gasteiger partial charge in [-0.3, -0.25) is 4.57 Å². The minimum absolute atomic E-state index is 0.0495. The van der Waals surface area contributed by atoms with Crippen molar-refractivity contribution in [1.82, 2.24) is 9.55 Å². The molecule has 0 aromatic carbocycles.